The molecule has 0 saturated heterocycles. The monoisotopic (exact) mass is 293 g/mol. The highest BCUT2D eigenvalue weighted by Gasteiger charge is 2.46. The largest absolute Gasteiger partial charge is 0.493 e. The average Bonchev–Trinajstić information content (AvgIpc) is 2.43. The molecule has 1 aliphatic rings. The normalized spacial score (nSPS) is 23.6. The molecule has 1 N–H and O–H groups in total. The number of benzene rings is 1. The number of nitrogens with zero attached hydrogens (tertiary/aromatic N) is 1. The van der Waals surface area contributed by atoms with Gasteiger partial charge in [0.15, 0.2) is 0 Å². The maximum absolute atomic E-state index is 11.0. The summed E-state index contributed by atoms with van der Waals surface area (Å²) in [5, 5.41) is 11.0. The van der Waals surface area contributed by atoms with Crippen LogP contribution in [0.25, 0.3) is 0 Å². The molecular weight excluding hydrogens is 266 g/mol. The van der Waals surface area contributed by atoms with Crippen LogP contribution < -0.4 is 9.47 Å². The summed E-state index contributed by atoms with van der Waals surface area (Å²) < 4.78 is 11.9. The second-order valence-corrected chi connectivity index (χ2v) is 5.92. The Morgan fingerprint density at radius 1 is 1.24 bits per heavy atom. The zero-order valence-electron chi connectivity index (χ0n) is 13.7. The van der Waals surface area contributed by atoms with E-state index in [-0.39, 0.29) is 6.04 Å². The van der Waals surface area contributed by atoms with E-state index in [1.165, 1.54) is 0 Å². The van der Waals surface area contributed by atoms with Gasteiger partial charge in [-0.05, 0) is 46.0 Å². The lowest BCUT2D eigenvalue weighted by atomic mass is 9.84. The number of fused-ring (bicyclic) bond motifs is 1. The van der Waals surface area contributed by atoms with Crippen LogP contribution in [0.2, 0.25) is 0 Å². The lowest BCUT2D eigenvalue weighted by Gasteiger charge is -2.48. The van der Waals surface area contributed by atoms with Gasteiger partial charge in [-0.3, -0.25) is 4.90 Å². The molecule has 21 heavy (non-hydrogen) atoms. The molecule has 2 atom stereocenters. The zero-order chi connectivity index (χ0) is 15.6. The highest BCUT2D eigenvalue weighted by Crippen LogP contribution is 2.46. The molecule has 0 spiro atoms. The molecule has 1 aromatic rings. The third-order valence-corrected chi connectivity index (χ3v) is 4.21. The summed E-state index contributed by atoms with van der Waals surface area (Å²) in [4.78, 5) is 2.25. The van der Waals surface area contributed by atoms with E-state index in [0.717, 1.165) is 30.2 Å². The van der Waals surface area contributed by atoms with Gasteiger partial charge in [0.05, 0.1) is 18.2 Å². The van der Waals surface area contributed by atoms with Crippen molar-refractivity contribution in [3.63, 3.8) is 0 Å². The van der Waals surface area contributed by atoms with Gasteiger partial charge in [-0.25, -0.2) is 0 Å². The fraction of sp³-hybridized carbons (Fsp3) is 0.647. The van der Waals surface area contributed by atoms with Gasteiger partial charge in [-0.2, -0.15) is 0 Å². The minimum absolute atomic E-state index is 0.0957. The number of hydrogen-bond donors (Lipinski definition) is 1. The van der Waals surface area contributed by atoms with Crippen LogP contribution in [0.3, 0.4) is 0 Å². The first-order chi connectivity index (χ1) is 9.96. The van der Waals surface area contributed by atoms with Gasteiger partial charge < -0.3 is 14.6 Å². The first kappa shape index (κ1) is 16.1. The Morgan fingerprint density at radius 2 is 1.90 bits per heavy atom. The Bertz CT molecular complexity index is 483. The number of aliphatic hydroxyl groups is 1. The molecule has 118 valence electrons. The van der Waals surface area contributed by atoms with Crippen LogP contribution in [-0.4, -0.2) is 41.3 Å². The van der Waals surface area contributed by atoms with Gasteiger partial charge in [0.25, 0.3) is 0 Å². The molecule has 2 rings (SSSR count). The van der Waals surface area contributed by atoms with E-state index in [9.17, 15) is 5.11 Å². The smallest absolute Gasteiger partial charge is 0.129 e. The molecule has 0 aliphatic carbocycles. The maximum Gasteiger partial charge on any atom is 0.129 e. The molecule has 0 amide bonds. The van der Waals surface area contributed by atoms with Crippen LogP contribution in [0.5, 0.6) is 11.5 Å². The third-order valence-electron chi connectivity index (χ3n) is 4.21. The molecule has 0 fully saturated rings. The minimum atomic E-state index is -0.619. The summed E-state index contributed by atoms with van der Waals surface area (Å²) in [5.41, 5.74) is 0.319. The van der Waals surface area contributed by atoms with E-state index in [1.54, 1.807) is 0 Å². The molecule has 1 heterocycles. The lowest BCUT2D eigenvalue weighted by molar-refractivity contribution is -0.0808. The van der Waals surface area contributed by atoms with Crippen LogP contribution in [0.1, 0.15) is 46.3 Å². The zero-order valence-corrected chi connectivity index (χ0v) is 13.7. The number of hydrogen-bond acceptors (Lipinski definition) is 4. The third kappa shape index (κ3) is 2.87. The van der Waals surface area contributed by atoms with E-state index >= 15 is 0 Å². The van der Waals surface area contributed by atoms with Crippen LogP contribution in [0, 0.1) is 0 Å². The van der Waals surface area contributed by atoms with Crippen molar-refractivity contribution in [3.8, 4) is 11.5 Å². The van der Waals surface area contributed by atoms with E-state index in [2.05, 4.69) is 18.7 Å². The van der Waals surface area contributed by atoms with Crippen molar-refractivity contribution in [2.75, 3.05) is 19.7 Å². The van der Waals surface area contributed by atoms with Gasteiger partial charge in [-0.15, -0.1) is 0 Å². The quantitative estimate of drug-likeness (QED) is 0.906. The minimum Gasteiger partial charge on any atom is -0.493 e. The Hall–Kier alpha value is -1.26. The van der Waals surface area contributed by atoms with Crippen molar-refractivity contribution in [1.29, 1.82) is 0 Å². The number of rotatable bonds is 5. The molecule has 0 radical (unpaired) electrons. The van der Waals surface area contributed by atoms with Crippen molar-refractivity contribution in [1.82, 2.24) is 4.90 Å². The molecule has 4 heteroatoms. The highest BCUT2D eigenvalue weighted by molar-refractivity contribution is 5.49. The molecule has 4 nitrogen and oxygen atoms in total. The Kier molecular flexibility index (Phi) is 4.79. The summed E-state index contributed by atoms with van der Waals surface area (Å²) >= 11 is 0. The Morgan fingerprint density at radius 3 is 2.48 bits per heavy atom. The van der Waals surface area contributed by atoms with E-state index in [0.29, 0.717) is 6.61 Å². The van der Waals surface area contributed by atoms with Gasteiger partial charge in [-0.1, -0.05) is 19.9 Å². The maximum atomic E-state index is 11.0. The fourth-order valence-corrected chi connectivity index (χ4v) is 3.32. The molecule has 0 bridgehead atoms. The predicted molar refractivity (Wildman–Crippen MR) is 84.0 cm³/mol. The summed E-state index contributed by atoms with van der Waals surface area (Å²) in [7, 11) is 0. The highest BCUT2D eigenvalue weighted by atomic mass is 16.5. The van der Waals surface area contributed by atoms with Crippen molar-refractivity contribution in [2.45, 2.75) is 52.4 Å². The first-order valence-corrected chi connectivity index (χ1v) is 7.83. The van der Waals surface area contributed by atoms with Crippen LogP contribution in [-0.2, 0) is 0 Å². The van der Waals surface area contributed by atoms with Gasteiger partial charge in [0.2, 0.25) is 0 Å². The average molecular weight is 293 g/mol. The van der Waals surface area contributed by atoms with Gasteiger partial charge in [0.1, 0.15) is 23.2 Å². The van der Waals surface area contributed by atoms with Crippen LogP contribution >= 0.6 is 0 Å². The summed E-state index contributed by atoms with van der Waals surface area (Å²) in [6, 6.07) is 5.61. The van der Waals surface area contributed by atoms with Gasteiger partial charge >= 0.3 is 0 Å². The molecule has 2 unspecified atom stereocenters. The SMILES string of the molecule is CCOc1cccc2c1C(O)C(N(CC)CC)C(C)(C)O2. The molecular formula is C17H27NO3. The Balaban J connectivity index is 2.49. The van der Waals surface area contributed by atoms with E-state index in [1.807, 2.05) is 39.0 Å². The van der Waals surface area contributed by atoms with Gasteiger partial charge in [0, 0.05) is 0 Å². The van der Waals surface area contributed by atoms with Crippen LogP contribution in [0.15, 0.2) is 18.2 Å². The van der Waals surface area contributed by atoms with Crippen molar-refractivity contribution < 1.29 is 14.6 Å². The second kappa shape index (κ2) is 6.24. The molecule has 1 aromatic carbocycles. The first-order valence-electron chi connectivity index (χ1n) is 7.83. The number of likely N-dealkylation sites (N-methyl/N-ethyl adjacent to an activating group) is 1. The molecule has 0 saturated carbocycles. The van der Waals surface area contributed by atoms with Crippen molar-refractivity contribution >= 4 is 0 Å². The van der Waals surface area contributed by atoms with E-state index < -0.39 is 11.7 Å². The summed E-state index contributed by atoms with van der Waals surface area (Å²) in [6.45, 7) is 12.6. The predicted octanol–water partition coefficient (Wildman–Crippen LogP) is 3.00. The van der Waals surface area contributed by atoms with E-state index in [4.69, 9.17) is 9.47 Å². The fourth-order valence-electron chi connectivity index (χ4n) is 3.32. The topological polar surface area (TPSA) is 41.9 Å². The molecule has 0 aromatic heterocycles. The second-order valence-electron chi connectivity index (χ2n) is 5.92. The summed E-state index contributed by atoms with van der Waals surface area (Å²) in [5.74, 6) is 1.44. The standard InChI is InChI=1S/C17H27NO3/c1-6-18(7-2)16-15(19)14-12(20-8-3)10-9-11-13(14)21-17(16,4)5/h9-11,15-16,19H,6-8H2,1-5H3. The summed E-state index contributed by atoms with van der Waals surface area (Å²) in [6.07, 6.45) is -0.619. The number of aliphatic hydroxyl groups excluding tert-OH is 1. The van der Waals surface area contributed by atoms with Crippen LogP contribution in [0.4, 0.5) is 0 Å². The molecule has 1 aliphatic heterocycles. The van der Waals surface area contributed by atoms with Crippen molar-refractivity contribution in [2.24, 2.45) is 0 Å². The van der Waals surface area contributed by atoms with Crippen molar-refractivity contribution in [3.05, 3.63) is 23.8 Å². The Labute approximate surface area is 127 Å². The lowest BCUT2D eigenvalue weighted by Crippen LogP contribution is -2.57. The number of ether oxygens (including phenoxy) is 2.